The number of benzene rings is 1. The smallest absolute Gasteiger partial charge is 0.324 e. The van der Waals surface area contributed by atoms with Crippen molar-refractivity contribution in [2.24, 2.45) is 5.92 Å². The molecule has 0 saturated carbocycles. The van der Waals surface area contributed by atoms with Gasteiger partial charge < -0.3 is 4.74 Å². The van der Waals surface area contributed by atoms with Crippen LogP contribution < -0.4 is 4.72 Å². The van der Waals surface area contributed by atoms with Gasteiger partial charge in [-0.3, -0.25) is 4.79 Å². The lowest BCUT2D eigenvalue weighted by molar-refractivity contribution is -0.143. The average Bonchev–Trinajstić information content (AvgIpc) is 2.35. The highest BCUT2D eigenvalue weighted by atomic mass is 79.9. The molecule has 1 rings (SSSR count). The highest BCUT2D eigenvalue weighted by Crippen LogP contribution is 2.16. The molecule has 0 aliphatic heterocycles. The summed E-state index contributed by atoms with van der Waals surface area (Å²) in [6.07, 6.45) is 0. The largest absolute Gasteiger partial charge is 0.468 e. The summed E-state index contributed by atoms with van der Waals surface area (Å²) in [4.78, 5) is 11.7. The van der Waals surface area contributed by atoms with Crippen molar-refractivity contribution in [3.63, 3.8) is 0 Å². The minimum absolute atomic E-state index is 0.102. The van der Waals surface area contributed by atoms with Crippen LogP contribution in [0.5, 0.6) is 0 Å². The van der Waals surface area contributed by atoms with Crippen LogP contribution in [-0.4, -0.2) is 27.5 Å². The van der Waals surface area contributed by atoms with Crippen molar-refractivity contribution < 1.29 is 17.9 Å². The second-order valence-corrected chi connectivity index (χ2v) is 6.95. The number of ether oxygens (including phenoxy) is 1. The maximum atomic E-state index is 12.1. The molecule has 1 N–H and O–H groups in total. The van der Waals surface area contributed by atoms with E-state index in [1.54, 1.807) is 26.0 Å². The van der Waals surface area contributed by atoms with Crippen LogP contribution in [0.2, 0.25) is 0 Å². The lowest BCUT2D eigenvalue weighted by Gasteiger charge is -2.19. The molecule has 0 unspecified atom stereocenters. The summed E-state index contributed by atoms with van der Waals surface area (Å²) in [5.41, 5.74) is 0. The van der Waals surface area contributed by atoms with Gasteiger partial charge in [0, 0.05) is 4.47 Å². The van der Waals surface area contributed by atoms with Crippen molar-refractivity contribution in [2.45, 2.75) is 24.8 Å². The second kappa shape index (κ2) is 6.49. The van der Waals surface area contributed by atoms with Crippen molar-refractivity contribution in [1.29, 1.82) is 0 Å². The van der Waals surface area contributed by atoms with E-state index in [-0.39, 0.29) is 10.8 Å². The zero-order valence-corrected chi connectivity index (χ0v) is 13.3. The van der Waals surface area contributed by atoms with E-state index in [4.69, 9.17) is 0 Å². The van der Waals surface area contributed by atoms with Gasteiger partial charge in [0.05, 0.1) is 12.0 Å². The van der Waals surface area contributed by atoms with Crippen LogP contribution in [0, 0.1) is 5.92 Å². The van der Waals surface area contributed by atoms with Crippen LogP contribution in [0.25, 0.3) is 0 Å². The highest BCUT2D eigenvalue weighted by molar-refractivity contribution is 9.10. The lowest BCUT2D eigenvalue weighted by atomic mass is 10.1. The van der Waals surface area contributed by atoms with Crippen LogP contribution in [0.1, 0.15) is 13.8 Å². The van der Waals surface area contributed by atoms with Crippen molar-refractivity contribution in [2.75, 3.05) is 7.11 Å². The van der Waals surface area contributed by atoms with Crippen LogP contribution in [0.4, 0.5) is 0 Å². The number of carbonyl (C=O) groups is 1. The number of methoxy groups -OCH3 is 1. The van der Waals surface area contributed by atoms with Gasteiger partial charge in [-0.2, -0.15) is 4.72 Å². The Balaban J connectivity index is 3.00. The van der Waals surface area contributed by atoms with Gasteiger partial charge in [0.2, 0.25) is 10.0 Å². The summed E-state index contributed by atoms with van der Waals surface area (Å²) in [5.74, 6) is -0.812. The van der Waals surface area contributed by atoms with Gasteiger partial charge in [-0.15, -0.1) is 0 Å². The predicted octanol–water partition coefficient (Wildman–Crippen LogP) is 1.92. The molecule has 0 aliphatic carbocycles. The van der Waals surface area contributed by atoms with Crippen LogP contribution >= 0.6 is 15.9 Å². The number of nitrogens with one attached hydrogen (secondary N) is 1. The van der Waals surface area contributed by atoms with Gasteiger partial charge in [0.25, 0.3) is 0 Å². The number of hydrogen-bond acceptors (Lipinski definition) is 4. The molecule has 106 valence electrons. The molecule has 0 fully saturated rings. The molecule has 0 radical (unpaired) electrons. The standard InChI is InChI=1S/C12H16BrNO4S/c1-8(2)11(12(15)18-3)14-19(16,17)10-6-4-9(13)5-7-10/h4-8,11,14H,1-3H3/t11-/m1/s1. The molecule has 0 aromatic heterocycles. The molecular weight excluding hydrogens is 334 g/mol. The first-order valence-electron chi connectivity index (χ1n) is 5.63. The van der Waals surface area contributed by atoms with Crippen molar-refractivity contribution >= 4 is 31.9 Å². The maximum absolute atomic E-state index is 12.1. The summed E-state index contributed by atoms with van der Waals surface area (Å²) in [7, 11) is -2.52. The summed E-state index contributed by atoms with van der Waals surface area (Å²) in [6, 6.07) is 5.26. The molecule has 7 heteroatoms. The van der Waals surface area contributed by atoms with Gasteiger partial charge in [0.1, 0.15) is 6.04 Å². The molecule has 0 bridgehead atoms. The Morgan fingerprint density at radius 2 is 1.79 bits per heavy atom. The van der Waals surface area contributed by atoms with E-state index in [0.717, 1.165) is 4.47 Å². The Kier molecular flexibility index (Phi) is 5.51. The van der Waals surface area contributed by atoms with Crippen LogP contribution in [0.3, 0.4) is 0 Å². The zero-order chi connectivity index (χ0) is 14.6. The summed E-state index contributed by atoms with van der Waals surface area (Å²) < 4.78 is 32.0. The summed E-state index contributed by atoms with van der Waals surface area (Å²) in [6.45, 7) is 3.48. The SMILES string of the molecule is COC(=O)[C@H](NS(=O)(=O)c1ccc(Br)cc1)C(C)C. The van der Waals surface area contributed by atoms with E-state index in [2.05, 4.69) is 25.4 Å². The van der Waals surface area contributed by atoms with E-state index < -0.39 is 22.0 Å². The minimum atomic E-state index is -3.75. The maximum Gasteiger partial charge on any atom is 0.324 e. The van der Waals surface area contributed by atoms with E-state index in [0.29, 0.717) is 0 Å². The number of sulfonamides is 1. The highest BCUT2D eigenvalue weighted by Gasteiger charge is 2.28. The monoisotopic (exact) mass is 349 g/mol. The number of esters is 1. The third-order valence-electron chi connectivity index (χ3n) is 2.53. The van der Waals surface area contributed by atoms with Crippen LogP contribution in [-0.2, 0) is 19.6 Å². The van der Waals surface area contributed by atoms with Crippen molar-refractivity contribution in [1.82, 2.24) is 4.72 Å². The average molecular weight is 350 g/mol. The Morgan fingerprint density at radius 3 is 2.21 bits per heavy atom. The predicted molar refractivity (Wildman–Crippen MR) is 75.1 cm³/mol. The third-order valence-corrected chi connectivity index (χ3v) is 4.51. The number of hydrogen-bond donors (Lipinski definition) is 1. The zero-order valence-electron chi connectivity index (χ0n) is 10.9. The van der Waals surface area contributed by atoms with E-state index >= 15 is 0 Å². The van der Waals surface area contributed by atoms with Crippen molar-refractivity contribution in [3.05, 3.63) is 28.7 Å². The molecule has 1 aromatic carbocycles. The fourth-order valence-electron chi connectivity index (χ4n) is 1.43. The molecule has 1 atom stereocenters. The molecule has 0 spiro atoms. The van der Waals surface area contributed by atoms with E-state index in [9.17, 15) is 13.2 Å². The number of carbonyl (C=O) groups excluding carboxylic acids is 1. The molecular formula is C12H16BrNO4S. The van der Waals surface area contributed by atoms with Crippen molar-refractivity contribution in [3.8, 4) is 0 Å². The summed E-state index contributed by atoms with van der Waals surface area (Å²) >= 11 is 3.23. The Hall–Kier alpha value is -0.920. The Bertz CT molecular complexity index is 539. The van der Waals surface area contributed by atoms with Gasteiger partial charge in [0.15, 0.2) is 0 Å². The topological polar surface area (TPSA) is 72.5 Å². The van der Waals surface area contributed by atoms with Gasteiger partial charge in [-0.05, 0) is 30.2 Å². The normalized spacial score (nSPS) is 13.3. The molecule has 19 heavy (non-hydrogen) atoms. The third kappa shape index (κ3) is 4.29. The van der Waals surface area contributed by atoms with Gasteiger partial charge >= 0.3 is 5.97 Å². The molecule has 0 aliphatic rings. The molecule has 0 heterocycles. The molecule has 1 aromatic rings. The summed E-state index contributed by atoms with van der Waals surface area (Å²) in [5, 5.41) is 0. The van der Waals surface area contributed by atoms with Gasteiger partial charge in [-0.25, -0.2) is 8.42 Å². The number of halogens is 1. The fourth-order valence-corrected chi connectivity index (χ4v) is 3.03. The van der Waals surface area contributed by atoms with E-state index in [1.165, 1.54) is 19.2 Å². The Labute approximate surface area is 121 Å². The molecule has 5 nitrogen and oxygen atoms in total. The molecule has 0 saturated heterocycles. The fraction of sp³-hybridized carbons (Fsp3) is 0.417. The second-order valence-electron chi connectivity index (χ2n) is 4.32. The van der Waals surface area contributed by atoms with E-state index in [1.807, 2.05) is 0 Å². The van der Waals surface area contributed by atoms with Gasteiger partial charge in [-0.1, -0.05) is 29.8 Å². The molecule has 0 amide bonds. The first kappa shape index (κ1) is 16.1. The Morgan fingerprint density at radius 1 is 1.26 bits per heavy atom. The van der Waals surface area contributed by atoms with Crippen LogP contribution in [0.15, 0.2) is 33.6 Å². The minimum Gasteiger partial charge on any atom is -0.468 e. The quantitative estimate of drug-likeness (QED) is 0.824. The first-order chi connectivity index (χ1) is 8.77. The first-order valence-corrected chi connectivity index (χ1v) is 7.91. The lowest BCUT2D eigenvalue weighted by Crippen LogP contribution is -2.44. The number of rotatable bonds is 5.